The first kappa shape index (κ1) is 17.8. The van der Waals surface area contributed by atoms with Crippen molar-refractivity contribution in [2.45, 2.75) is 0 Å². The van der Waals surface area contributed by atoms with Gasteiger partial charge in [0.1, 0.15) is 0 Å². The van der Waals surface area contributed by atoms with Crippen LogP contribution in [0.25, 0.3) is 0 Å². The Morgan fingerprint density at radius 2 is 0.333 bits per heavy atom. The van der Waals surface area contributed by atoms with Crippen molar-refractivity contribution in [2.75, 3.05) is 0 Å². The van der Waals surface area contributed by atoms with E-state index in [9.17, 15) is 0 Å². The van der Waals surface area contributed by atoms with Crippen LogP contribution in [0.5, 0.6) is 0 Å². The van der Waals surface area contributed by atoms with Crippen LogP contribution in [0.2, 0.25) is 0 Å². The molecule has 12 heteroatoms. The molecule has 0 radical (unpaired) electrons. The molecule has 0 saturated heterocycles. The lowest BCUT2D eigenvalue weighted by atomic mass is 10.3. The number of hydrogen-bond donors (Lipinski definition) is 9. The van der Waals surface area contributed by atoms with Crippen LogP contribution >= 0.6 is 0 Å². The summed E-state index contributed by atoms with van der Waals surface area (Å²) in [6.07, 6.45) is 0. The van der Waals surface area contributed by atoms with E-state index in [0.717, 1.165) is 0 Å². The lowest BCUT2D eigenvalue weighted by Gasteiger charge is -1.69. The first-order valence-electron chi connectivity index (χ1n) is 2.32. The third kappa shape index (κ3) is 28100. The van der Waals surface area contributed by atoms with Gasteiger partial charge in [0, 0.05) is 0 Å². The van der Waals surface area contributed by atoms with Crippen LogP contribution in [0.3, 0.4) is 0 Å². The third-order valence-electron chi connectivity index (χ3n) is 0. The predicted octanol–water partition coefficient (Wildman–Crippen LogP) is -6.16. The van der Waals surface area contributed by atoms with E-state index in [1.54, 1.807) is 0 Å². The van der Waals surface area contributed by atoms with Crippen LogP contribution in [0.1, 0.15) is 0 Å². The van der Waals surface area contributed by atoms with Crippen molar-refractivity contribution in [3.63, 3.8) is 0 Å². The van der Waals surface area contributed by atoms with E-state index in [1.807, 2.05) is 0 Å². The minimum absolute atomic E-state index is 2.17. The molecule has 0 saturated carbocycles. The molecular weight excluding hydrogens is 176 g/mol. The highest BCUT2D eigenvalue weighted by molar-refractivity contribution is 6.31. The Hall–Kier alpha value is -0.165. The molecule has 0 aromatic rings. The standard InChI is InChI=1S/3BH3O3/c3*2-1(3)4/h3*2-4H. The number of rotatable bonds is 0. The summed E-state index contributed by atoms with van der Waals surface area (Å²) in [6, 6.07) is 0. The van der Waals surface area contributed by atoms with Gasteiger partial charge in [0.05, 0.1) is 0 Å². The Balaban J connectivity index is -0.000000101. The summed E-state index contributed by atoms with van der Waals surface area (Å²) in [5, 5.41) is 64.5. The topological polar surface area (TPSA) is 182 Å². The molecule has 0 heterocycles. The van der Waals surface area contributed by atoms with Crippen molar-refractivity contribution in [3.05, 3.63) is 0 Å². The van der Waals surface area contributed by atoms with Crippen LogP contribution in [-0.2, 0) is 0 Å². The Labute approximate surface area is 68.3 Å². The summed E-state index contributed by atoms with van der Waals surface area (Å²) >= 11 is 0. The molecule has 0 aromatic carbocycles. The van der Waals surface area contributed by atoms with Crippen LogP contribution in [0.15, 0.2) is 0 Å². The lowest BCUT2D eigenvalue weighted by Crippen LogP contribution is -2.07. The van der Waals surface area contributed by atoms with Gasteiger partial charge < -0.3 is 45.2 Å². The van der Waals surface area contributed by atoms with Gasteiger partial charge in [-0.05, 0) is 0 Å². The molecule has 0 atom stereocenters. The molecule has 0 aliphatic carbocycles. The molecule has 0 rings (SSSR count). The second-order valence-electron chi connectivity index (χ2n) is 1.04. The maximum Gasteiger partial charge on any atom is 0.631 e. The molecule has 0 amide bonds. The quantitative estimate of drug-likeness (QED) is 0.166. The Morgan fingerprint density at radius 3 is 0.333 bits per heavy atom. The normalized spacial score (nSPS) is 6.75. The summed E-state index contributed by atoms with van der Waals surface area (Å²) in [4.78, 5) is 0. The molecule has 0 bridgehead atoms. The van der Waals surface area contributed by atoms with Gasteiger partial charge in [0.15, 0.2) is 0 Å². The monoisotopic (exact) mass is 186 g/mol. The molecule has 9 N–H and O–H groups in total. The van der Waals surface area contributed by atoms with Gasteiger partial charge in [0.25, 0.3) is 0 Å². The van der Waals surface area contributed by atoms with E-state index >= 15 is 0 Å². The molecular formula is H9B3O9. The third-order valence-corrected chi connectivity index (χ3v) is 0. The summed E-state index contributed by atoms with van der Waals surface area (Å²) in [5.74, 6) is 0. The van der Waals surface area contributed by atoms with E-state index in [-0.39, 0.29) is 0 Å². The van der Waals surface area contributed by atoms with Gasteiger partial charge in [-0.1, -0.05) is 0 Å². The van der Waals surface area contributed by atoms with Crippen LogP contribution < -0.4 is 0 Å². The molecule has 9 nitrogen and oxygen atoms in total. The van der Waals surface area contributed by atoms with E-state index in [0.29, 0.717) is 0 Å². The van der Waals surface area contributed by atoms with E-state index in [4.69, 9.17) is 45.2 Å². The first-order valence-corrected chi connectivity index (χ1v) is 2.32. The average molecular weight is 185 g/mol. The van der Waals surface area contributed by atoms with E-state index in [1.165, 1.54) is 0 Å². The zero-order valence-electron chi connectivity index (χ0n) is 5.76. The summed E-state index contributed by atoms with van der Waals surface area (Å²) < 4.78 is 0. The minimum atomic E-state index is -2.17. The van der Waals surface area contributed by atoms with Gasteiger partial charge in [-0.25, -0.2) is 0 Å². The highest BCUT2D eigenvalue weighted by atomic mass is 16.5. The van der Waals surface area contributed by atoms with Crippen LogP contribution in [0.4, 0.5) is 0 Å². The van der Waals surface area contributed by atoms with E-state index < -0.39 is 22.0 Å². The van der Waals surface area contributed by atoms with Crippen molar-refractivity contribution in [2.24, 2.45) is 0 Å². The van der Waals surface area contributed by atoms with Crippen LogP contribution in [0, 0.1) is 0 Å². The number of hydrogen-bond acceptors (Lipinski definition) is 9. The molecule has 12 heavy (non-hydrogen) atoms. The summed E-state index contributed by atoms with van der Waals surface area (Å²) in [7, 11) is -6.50. The molecule has 72 valence electrons. The Bertz CT molecular complexity index is 38.3. The fourth-order valence-corrected chi connectivity index (χ4v) is 0. The average Bonchev–Trinajstić information content (AvgIpc) is 1.54. The fourth-order valence-electron chi connectivity index (χ4n) is 0. The highest BCUT2D eigenvalue weighted by Crippen LogP contribution is 1.41. The maximum absolute atomic E-state index is 7.17. The first-order chi connectivity index (χ1) is 5.20. The van der Waals surface area contributed by atoms with Gasteiger partial charge in [-0.3, -0.25) is 0 Å². The van der Waals surface area contributed by atoms with Gasteiger partial charge in [0.2, 0.25) is 0 Å². The second kappa shape index (κ2) is 13.4. The molecule has 0 fully saturated rings. The Morgan fingerprint density at radius 1 is 0.333 bits per heavy atom. The maximum atomic E-state index is 7.17. The summed E-state index contributed by atoms with van der Waals surface area (Å²) in [6.45, 7) is 0. The zero-order valence-corrected chi connectivity index (χ0v) is 5.76. The van der Waals surface area contributed by atoms with Crippen molar-refractivity contribution in [1.82, 2.24) is 0 Å². The Kier molecular flexibility index (Phi) is 19.9. The lowest BCUT2D eigenvalue weighted by molar-refractivity contribution is 0.276. The molecule has 0 aliphatic heterocycles. The molecule has 0 spiro atoms. The van der Waals surface area contributed by atoms with Crippen LogP contribution in [-0.4, -0.2) is 67.2 Å². The molecule has 0 unspecified atom stereocenters. The van der Waals surface area contributed by atoms with E-state index in [2.05, 4.69) is 0 Å². The smallest absolute Gasteiger partial charge is 0.402 e. The highest BCUT2D eigenvalue weighted by Gasteiger charge is 1.93. The predicted molar refractivity (Wildman–Crippen MR) is 37.2 cm³/mol. The fraction of sp³-hybridized carbons (Fsp3) is 0. The minimum Gasteiger partial charge on any atom is -0.402 e. The molecule has 0 aliphatic rings. The SMILES string of the molecule is OB(O)O.OB(O)O.OB(O)O. The van der Waals surface area contributed by atoms with Crippen molar-refractivity contribution in [3.8, 4) is 0 Å². The van der Waals surface area contributed by atoms with Gasteiger partial charge >= 0.3 is 22.0 Å². The molecule has 0 aromatic heterocycles. The zero-order chi connectivity index (χ0) is 10.7. The van der Waals surface area contributed by atoms with Crippen molar-refractivity contribution < 1.29 is 45.2 Å². The largest absolute Gasteiger partial charge is 0.631 e. The summed E-state index contributed by atoms with van der Waals surface area (Å²) in [5.41, 5.74) is 0. The van der Waals surface area contributed by atoms with Crippen molar-refractivity contribution >= 4 is 22.0 Å². The van der Waals surface area contributed by atoms with Gasteiger partial charge in [-0.2, -0.15) is 0 Å². The van der Waals surface area contributed by atoms with Gasteiger partial charge in [-0.15, -0.1) is 0 Å². The van der Waals surface area contributed by atoms with Crippen molar-refractivity contribution in [1.29, 1.82) is 0 Å². The second-order valence-corrected chi connectivity index (χ2v) is 1.04.